The van der Waals surface area contributed by atoms with Crippen molar-refractivity contribution in [2.75, 3.05) is 5.33 Å². The predicted molar refractivity (Wildman–Crippen MR) is 66.7 cm³/mol. The summed E-state index contributed by atoms with van der Waals surface area (Å²) in [6.45, 7) is 2.05. The molecule has 0 radical (unpaired) electrons. The van der Waals surface area contributed by atoms with Crippen LogP contribution in [0.25, 0.3) is 0 Å². The molecule has 1 saturated heterocycles. The molecule has 1 aromatic rings. The summed E-state index contributed by atoms with van der Waals surface area (Å²) >= 11 is 3.47. The maximum Gasteiger partial charge on any atom is 0.317 e. The highest BCUT2D eigenvalue weighted by molar-refractivity contribution is 9.09. The number of ether oxygens (including phenoxy) is 1. The van der Waals surface area contributed by atoms with Crippen molar-refractivity contribution in [3.63, 3.8) is 0 Å². The van der Waals surface area contributed by atoms with Crippen LogP contribution in [0.2, 0.25) is 0 Å². The van der Waals surface area contributed by atoms with Gasteiger partial charge in [-0.25, -0.2) is 0 Å². The van der Waals surface area contributed by atoms with E-state index in [0.717, 1.165) is 18.4 Å². The fourth-order valence-corrected chi connectivity index (χ4v) is 2.97. The van der Waals surface area contributed by atoms with Gasteiger partial charge in [-0.1, -0.05) is 53.2 Å². The van der Waals surface area contributed by atoms with E-state index in [0.29, 0.717) is 5.33 Å². The van der Waals surface area contributed by atoms with Crippen molar-refractivity contribution in [2.45, 2.75) is 31.3 Å². The lowest BCUT2D eigenvalue weighted by Crippen LogP contribution is -2.33. The first-order valence-electron chi connectivity index (χ1n) is 5.55. The van der Waals surface area contributed by atoms with Crippen molar-refractivity contribution in [3.05, 3.63) is 35.9 Å². The smallest absolute Gasteiger partial charge is 0.317 e. The highest BCUT2D eigenvalue weighted by atomic mass is 79.9. The molecule has 2 rings (SSSR count). The molecule has 2 unspecified atom stereocenters. The van der Waals surface area contributed by atoms with E-state index in [9.17, 15) is 4.79 Å². The van der Waals surface area contributed by atoms with E-state index < -0.39 is 5.41 Å². The van der Waals surface area contributed by atoms with E-state index in [1.807, 2.05) is 37.3 Å². The summed E-state index contributed by atoms with van der Waals surface area (Å²) in [5.74, 6) is -0.0950. The SMILES string of the molecule is CCC1CC(CBr)(c2ccccc2)C(=O)O1. The van der Waals surface area contributed by atoms with Crippen molar-refractivity contribution in [2.24, 2.45) is 0 Å². The molecule has 0 bridgehead atoms. The second-order valence-corrected chi connectivity index (χ2v) is 4.78. The molecule has 0 aliphatic carbocycles. The van der Waals surface area contributed by atoms with Crippen molar-refractivity contribution < 1.29 is 9.53 Å². The molecule has 3 heteroatoms. The second kappa shape index (κ2) is 4.58. The maximum absolute atomic E-state index is 12.0. The van der Waals surface area contributed by atoms with Gasteiger partial charge in [0.05, 0.1) is 0 Å². The van der Waals surface area contributed by atoms with Crippen molar-refractivity contribution in [1.82, 2.24) is 0 Å². The van der Waals surface area contributed by atoms with Gasteiger partial charge in [-0.2, -0.15) is 0 Å². The minimum Gasteiger partial charge on any atom is -0.462 e. The first kappa shape index (κ1) is 11.6. The number of hydrogen-bond donors (Lipinski definition) is 0. The summed E-state index contributed by atoms with van der Waals surface area (Å²) in [6.07, 6.45) is 1.72. The maximum atomic E-state index is 12.0. The largest absolute Gasteiger partial charge is 0.462 e. The van der Waals surface area contributed by atoms with Gasteiger partial charge in [-0.3, -0.25) is 4.79 Å². The van der Waals surface area contributed by atoms with Gasteiger partial charge in [0, 0.05) is 11.8 Å². The number of benzene rings is 1. The molecule has 1 heterocycles. The number of cyclic esters (lactones) is 1. The Morgan fingerprint density at radius 1 is 1.44 bits per heavy atom. The predicted octanol–water partition coefficient (Wildman–Crippen LogP) is 3.04. The van der Waals surface area contributed by atoms with Crippen LogP contribution < -0.4 is 0 Å². The summed E-state index contributed by atoms with van der Waals surface area (Å²) in [5, 5.41) is 0.624. The van der Waals surface area contributed by atoms with Gasteiger partial charge >= 0.3 is 5.97 Å². The topological polar surface area (TPSA) is 26.3 Å². The molecule has 1 aliphatic rings. The molecule has 1 fully saturated rings. The molecule has 86 valence electrons. The molecule has 0 saturated carbocycles. The number of carbonyl (C=O) groups is 1. The first-order chi connectivity index (χ1) is 7.73. The number of alkyl halides is 1. The third-order valence-electron chi connectivity index (χ3n) is 3.25. The van der Waals surface area contributed by atoms with Crippen LogP contribution in [0.4, 0.5) is 0 Å². The van der Waals surface area contributed by atoms with Gasteiger partial charge < -0.3 is 4.74 Å². The van der Waals surface area contributed by atoms with Gasteiger partial charge in [-0.15, -0.1) is 0 Å². The number of hydrogen-bond acceptors (Lipinski definition) is 2. The minimum absolute atomic E-state index is 0.0604. The van der Waals surface area contributed by atoms with Crippen molar-refractivity contribution in [3.8, 4) is 0 Å². The molecule has 16 heavy (non-hydrogen) atoms. The average molecular weight is 283 g/mol. The zero-order chi connectivity index (χ0) is 11.6. The monoisotopic (exact) mass is 282 g/mol. The highest BCUT2D eigenvalue weighted by Gasteiger charge is 2.48. The summed E-state index contributed by atoms with van der Waals surface area (Å²) in [5.41, 5.74) is 0.565. The number of esters is 1. The zero-order valence-corrected chi connectivity index (χ0v) is 10.9. The molecule has 0 N–H and O–H groups in total. The van der Waals surface area contributed by atoms with E-state index in [-0.39, 0.29) is 12.1 Å². The molecule has 0 amide bonds. The van der Waals surface area contributed by atoms with Crippen LogP contribution in [0.1, 0.15) is 25.3 Å². The van der Waals surface area contributed by atoms with Crippen molar-refractivity contribution in [1.29, 1.82) is 0 Å². The number of carbonyl (C=O) groups excluding carboxylic acids is 1. The van der Waals surface area contributed by atoms with Crippen LogP contribution in [-0.2, 0) is 14.9 Å². The summed E-state index contributed by atoms with van der Waals surface area (Å²) in [7, 11) is 0. The molecular formula is C13H15BrO2. The minimum atomic E-state index is -0.484. The van der Waals surface area contributed by atoms with E-state index in [2.05, 4.69) is 15.9 Å². The van der Waals surface area contributed by atoms with Gasteiger partial charge in [-0.05, 0) is 12.0 Å². The molecule has 0 spiro atoms. The third-order valence-corrected chi connectivity index (χ3v) is 4.21. The van der Waals surface area contributed by atoms with Crippen LogP contribution in [0.3, 0.4) is 0 Å². The van der Waals surface area contributed by atoms with Crippen molar-refractivity contribution >= 4 is 21.9 Å². The highest BCUT2D eigenvalue weighted by Crippen LogP contribution is 2.39. The lowest BCUT2D eigenvalue weighted by atomic mass is 9.79. The molecular weight excluding hydrogens is 268 g/mol. The fraction of sp³-hybridized carbons (Fsp3) is 0.462. The Hall–Kier alpha value is -0.830. The van der Waals surface area contributed by atoms with E-state index in [4.69, 9.17) is 4.74 Å². The number of halogens is 1. The van der Waals surface area contributed by atoms with Gasteiger partial charge in [0.2, 0.25) is 0 Å². The molecule has 2 atom stereocenters. The van der Waals surface area contributed by atoms with Gasteiger partial charge in [0.25, 0.3) is 0 Å². The molecule has 0 aromatic heterocycles. The Kier molecular flexibility index (Phi) is 3.33. The Balaban J connectivity index is 2.37. The van der Waals surface area contributed by atoms with E-state index in [1.165, 1.54) is 0 Å². The lowest BCUT2D eigenvalue weighted by Gasteiger charge is -2.22. The first-order valence-corrected chi connectivity index (χ1v) is 6.67. The van der Waals surface area contributed by atoms with Gasteiger partial charge in [0.1, 0.15) is 11.5 Å². The Bertz CT molecular complexity index is 377. The quantitative estimate of drug-likeness (QED) is 0.629. The van der Waals surface area contributed by atoms with Gasteiger partial charge in [0.15, 0.2) is 0 Å². The van der Waals surface area contributed by atoms with Crippen LogP contribution in [0.15, 0.2) is 30.3 Å². The van der Waals surface area contributed by atoms with Crippen LogP contribution in [0.5, 0.6) is 0 Å². The third kappa shape index (κ3) is 1.77. The number of rotatable bonds is 3. The normalized spacial score (nSPS) is 29.1. The Morgan fingerprint density at radius 3 is 2.62 bits per heavy atom. The Morgan fingerprint density at radius 2 is 2.12 bits per heavy atom. The van der Waals surface area contributed by atoms with Crippen LogP contribution >= 0.6 is 15.9 Å². The summed E-state index contributed by atoms with van der Waals surface area (Å²) in [4.78, 5) is 12.0. The summed E-state index contributed by atoms with van der Waals surface area (Å²) in [6, 6.07) is 9.89. The lowest BCUT2D eigenvalue weighted by molar-refractivity contribution is -0.145. The van der Waals surface area contributed by atoms with E-state index in [1.54, 1.807) is 0 Å². The van der Waals surface area contributed by atoms with Crippen LogP contribution in [-0.4, -0.2) is 17.4 Å². The fourth-order valence-electron chi connectivity index (χ4n) is 2.18. The zero-order valence-electron chi connectivity index (χ0n) is 9.28. The van der Waals surface area contributed by atoms with E-state index >= 15 is 0 Å². The molecule has 2 nitrogen and oxygen atoms in total. The molecule has 1 aliphatic heterocycles. The molecule has 1 aromatic carbocycles. The average Bonchev–Trinajstić information content (AvgIpc) is 2.68. The standard InChI is InChI=1S/C13H15BrO2/c1-2-11-8-13(9-14,12(15)16-11)10-6-4-3-5-7-10/h3-7,11H,2,8-9H2,1H3. The van der Waals surface area contributed by atoms with Crippen LogP contribution in [0, 0.1) is 0 Å². The summed E-state index contributed by atoms with van der Waals surface area (Å²) < 4.78 is 5.40. The Labute approximate surface area is 104 Å². The second-order valence-electron chi connectivity index (χ2n) is 4.22.